The number of rotatable bonds is 7. The fourth-order valence-corrected chi connectivity index (χ4v) is 2.31. The Bertz CT molecular complexity index is 738. The second-order valence-electron chi connectivity index (χ2n) is 5.88. The summed E-state index contributed by atoms with van der Waals surface area (Å²) in [5.41, 5.74) is 3.76. The van der Waals surface area contributed by atoms with Crippen molar-refractivity contribution in [3.8, 4) is 5.75 Å². The number of benzene rings is 2. The number of anilines is 1. The first kappa shape index (κ1) is 18.5. The number of carbonyl (C=O) groups is 2. The lowest BCUT2D eigenvalue weighted by molar-refractivity contribution is -0.147. The van der Waals surface area contributed by atoms with Gasteiger partial charge >= 0.3 is 5.97 Å². The van der Waals surface area contributed by atoms with Gasteiger partial charge in [-0.25, -0.2) is 0 Å². The molecule has 2 aromatic rings. The van der Waals surface area contributed by atoms with Crippen LogP contribution in [0.4, 0.5) is 5.69 Å². The minimum Gasteiger partial charge on any atom is -0.497 e. The third kappa shape index (κ3) is 5.95. The maximum atomic E-state index is 11.9. The molecule has 0 heterocycles. The Hall–Kier alpha value is -2.82. The van der Waals surface area contributed by atoms with E-state index in [4.69, 9.17) is 9.47 Å². The Morgan fingerprint density at radius 1 is 1.04 bits per heavy atom. The number of ether oxygens (including phenoxy) is 2. The van der Waals surface area contributed by atoms with E-state index in [1.54, 1.807) is 7.11 Å². The topological polar surface area (TPSA) is 64.6 Å². The van der Waals surface area contributed by atoms with E-state index >= 15 is 0 Å². The molecule has 5 nitrogen and oxygen atoms in total. The lowest BCUT2D eigenvalue weighted by atomic mass is 10.1. The number of carbonyl (C=O) groups excluding carboxylic acids is 2. The highest BCUT2D eigenvalue weighted by Crippen LogP contribution is 2.16. The van der Waals surface area contributed by atoms with E-state index < -0.39 is 5.97 Å². The van der Waals surface area contributed by atoms with Crippen LogP contribution in [-0.4, -0.2) is 25.6 Å². The standard InChI is InChI=1S/C20H23NO4/c1-14-4-5-15(2)18(12-14)21-19(22)13-25-20(23)11-8-16-6-9-17(24-3)10-7-16/h4-7,9-10,12H,8,11,13H2,1-3H3,(H,21,22). The molecule has 0 unspecified atom stereocenters. The van der Waals surface area contributed by atoms with Crippen molar-refractivity contribution in [1.29, 1.82) is 0 Å². The molecule has 5 heteroatoms. The third-order valence-corrected chi connectivity index (χ3v) is 3.81. The summed E-state index contributed by atoms with van der Waals surface area (Å²) in [4.78, 5) is 23.7. The highest BCUT2D eigenvalue weighted by Gasteiger charge is 2.09. The van der Waals surface area contributed by atoms with Crippen LogP contribution in [0.15, 0.2) is 42.5 Å². The van der Waals surface area contributed by atoms with Crippen molar-refractivity contribution in [2.45, 2.75) is 26.7 Å². The van der Waals surface area contributed by atoms with E-state index in [1.807, 2.05) is 56.3 Å². The number of hydrogen-bond acceptors (Lipinski definition) is 4. The molecular weight excluding hydrogens is 318 g/mol. The quantitative estimate of drug-likeness (QED) is 0.784. The van der Waals surface area contributed by atoms with E-state index in [-0.39, 0.29) is 18.9 Å². The molecule has 1 N–H and O–H groups in total. The lowest BCUT2D eigenvalue weighted by Gasteiger charge is -2.10. The van der Waals surface area contributed by atoms with Gasteiger partial charge in [-0.2, -0.15) is 0 Å². The van der Waals surface area contributed by atoms with Crippen molar-refractivity contribution in [1.82, 2.24) is 0 Å². The lowest BCUT2D eigenvalue weighted by Crippen LogP contribution is -2.21. The van der Waals surface area contributed by atoms with Crippen molar-refractivity contribution < 1.29 is 19.1 Å². The first-order valence-corrected chi connectivity index (χ1v) is 8.13. The van der Waals surface area contributed by atoms with Gasteiger partial charge < -0.3 is 14.8 Å². The molecule has 0 bridgehead atoms. The second kappa shape index (κ2) is 8.87. The zero-order chi connectivity index (χ0) is 18.2. The molecule has 0 saturated carbocycles. The first-order chi connectivity index (χ1) is 12.0. The summed E-state index contributed by atoms with van der Waals surface area (Å²) in [6.45, 7) is 3.58. The molecule has 0 atom stereocenters. The summed E-state index contributed by atoms with van der Waals surface area (Å²) in [6, 6.07) is 13.3. The van der Waals surface area contributed by atoms with Gasteiger partial charge in [0.05, 0.1) is 7.11 Å². The Morgan fingerprint density at radius 3 is 2.44 bits per heavy atom. The van der Waals surface area contributed by atoms with Crippen LogP contribution in [0.2, 0.25) is 0 Å². The van der Waals surface area contributed by atoms with Gasteiger partial charge in [-0.05, 0) is 55.2 Å². The fraction of sp³-hybridized carbons (Fsp3) is 0.300. The van der Waals surface area contributed by atoms with Crippen LogP contribution in [-0.2, 0) is 20.7 Å². The van der Waals surface area contributed by atoms with Crippen molar-refractivity contribution in [3.05, 3.63) is 59.2 Å². The summed E-state index contributed by atoms with van der Waals surface area (Å²) in [5.74, 6) is 0.0351. The Balaban J connectivity index is 1.75. The number of methoxy groups -OCH3 is 1. The molecule has 0 fully saturated rings. The average Bonchev–Trinajstić information content (AvgIpc) is 2.61. The Morgan fingerprint density at radius 2 is 1.76 bits per heavy atom. The molecule has 0 aromatic heterocycles. The van der Waals surface area contributed by atoms with Crippen LogP contribution in [0.3, 0.4) is 0 Å². The fourth-order valence-electron chi connectivity index (χ4n) is 2.31. The average molecular weight is 341 g/mol. The predicted octanol–water partition coefficient (Wildman–Crippen LogP) is 3.43. The number of nitrogens with one attached hydrogen (secondary N) is 1. The number of esters is 1. The van der Waals surface area contributed by atoms with Crippen LogP contribution in [0, 0.1) is 13.8 Å². The van der Waals surface area contributed by atoms with E-state index in [9.17, 15) is 9.59 Å². The second-order valence-corrected chi connectivity index (χ2v) is 5.88. The number of aryl methyl sites for hydroxylation is 3. The van der Waals surface area contributed by atoms with Crippen LogP contribution >= 0.6 is 0 Å². The van der Waals surface area contributed by atoms with Crippen molar-refractivity contribution >= 4 is 17.6 Å². The monoisotopic (exact) mass is 341 g/mol. The van der Waals surface area contributed by atoms with Gasteiger partial charge in [0.15, 0.2) is 6.61 Å². The zero-order valence-corrected chi connectivity index (χ0v) is 14.8. The van der Waals surface area contributed by atoms with E-state index in [0.717, 1.165) is 28.1 Å². The summed E-state index contributed by atoms with van der Waals surface area (Å²) < 4.78 is 10.1. The molecule has 25 heavy (non-hydrogen) atoms. The molecular formula is C20H23NO4. The molecule has 132 valence electrons. The highest BCUT2D eigenvalue weighted by atomic mass is 16.5. The van der Waals surface area contributed by atoms with Crippen molar-refractivity contribution in [3.63, 3.8) is 0 Å². The number of hydrogen-bond donors (Lipinski definition) is 1. The van der Waals surface area contributed by atoms with Gasteiger partial charge in [-0.3, -0.25) is 9.59 Å². The van der Waals surface area contributed by atoms with E-state index in [1.165, 1.54) is 0 Å². The van der Waals surface area contributed by atoms with Gasteiger partial charge in [0.25, 0.3) is 5.91 Å². The maximum Gasteiger partial charge on any atom is 0.306 e. The first-order valence-electron chi connectivity index (χ1n) is 8.13. The third-order valence-electron chi connectivity index (χ3n) is 3.81. The minimum absolute atomic E-state index is 0.225. The molecule has 2 aromatic carbocycles. The number of amides is 1. The molecule has 1 amide bonds. The highest BCUT2D eigenvalue weighted by molar-refractivity contribution is 5.93. The maximum absolute atomic E-state index is 11.9. The molecule has 0 spiro atoms. The van der Waals surface area contributed by atoms with Gasteiger partial charge in [0, 0.05) is 12.1 Å². The van der Waals surface area contributed by atoms with Gasteiger partial charge in [0.2, 0.25) is 0 Å². The van der Waals surface area contributed by atoms with Crippen LogP contribution in [0.1, 0.15) is 23.1 Å². The summed E-state index contributed by atoms with van der Waals surface area (Å²) in [6.07, 6.45) is 0.782. The SMILES string of the molecule is COc1ccc(CCC(=O)OCC(=O)Nc2cc(C)ccc2C)cc1. The van der Waals surface area contributed by atoms with Crippen molar-refractivity contribution in [2.75, 3.05) is 19.0 Å². The molecule has 0 aliphatic rings. The van der Waals surface area contributed by atoms with Crippen LogP contribution in [0.5, 0.6) is 5.75 Å². The van der Waals surface area contributed by atoms with E-state index in [2.05, 4.69) is 5.32 Å². The van der Waals surface area contributed by atoms with Gasteiger partial charge in [-0.15, -0.1) is 0 Å². The summed E-state index contributed by atoms with van der Waals surface area (Å²) in [5, 5.41) is 2.76. The summed E-state index contributed by atoms with van der Waals surface area (Å²) >= 11 is 0. The van der Waals surface area contributed by atoms with Crippen molar-refractivity contribution in [2.24, 2.45) is 0 Å². The molecule has 0 aliphatic carbocycles. The molecule has 0 radical (unpaired) electrons. The molecule has 0 aliphatic heterocycles. The smallest absolute Gasteiger partial charge is 0.306 e. The molecule has 2 rings (SSSR count). The Labute approximate surface area is 148 Å². The van der Waals surface area contributed by atoms with Gasteiger partial charge in [-0.1, -0.05) is 24.3 Å². The largest absolute Gasteiger partial charge is 0.497 e. The predicted molar refractivity (Wildman–Crippen MR) is 96.8 cm³/mol. The van der Waals surface area contributed by atoms with E-state index in [0.29, 0.717) is 6.42 Å². The summed E-state index contributed by atoms with van der Waals surface area (Å²) in [7, 11) is 1.61. The van der Waals surface area contributed by atoms with Gasteiger partial charge in [0.1, 0.15) is 5.75 Å². The van der Waals surface area contributed by atoms with Crippen LogP contribution < -0.4 is 10.1 Å². The minimum atomic E-state index is -0.396. The Kier molecular flexibility index (Phi) is 6.57. The zero-order valence-electron chi connectivity index (χ0n) is 14.8. The van der Waals surface area contributed by atoms with Crippen LogP contribution in [0.25, 0.3) is 0 Å². The normalized spacial score (nSPS) is 10.2. The molecule has 0 saturated heterocycles.